The van der Waals surface area contributed by atoms with Gasteiger partial charge in [-0.2, -0.15) is 0 Å². The molecule has 2 heterocycles. The zero-order valence-electron chi connectivity index (χ0n) is 17.8. The first-order valence-corrected chi connectivity index (χ1v) is 11.2. The molecule has 31 heavy (non-hydrogen) atoms. The largest absolute Gasteiger partial charge is 0.310 e. The van der Waals surface area contributed by atoms with Gasteiger partial charge in [0.25, 0.3) is 5.56 Å². The molecule has 1 aliphatic rings. The van der Waals surface area contributed by atoms with Gasteiger partial charge >= 0.3 is 0 Å². The Morgan fingerprint density at radius 3 is 2.39 bits per heavy atom. The number of rotatable bonds is 6. The predicted octanol–water partition coefficient (Wildman–Crippen LogP) is 3.83. The highest BCUT2D eigenvalue weighted by Crippen LogP contribution is 2.20. The summed E-state index contributed by atoms with van der Waals surface area (Å²) in [6, 6.07) is 22.8. The van der Waals surface area contributed by atoms with Gasteiger partial charge in [-0.05, 0) is 41.4 Å². The molecule has 0 amide bonds. The molecule has 0 saturated carbocycles. The van der Waals surface area contributed by atoms with E-state index in [2.05, 4.69) is 62.2 Å². The van der Waals surface area contributed by atoms with Gasteiger partial charge in [-0.1, -0.05) is 54.6 Å². The number of para-hydroxylation sites is 1. The molecule has 4 aromatic rings. The van der Waals surface area contributed by atoms with Crippen LogP contribution in [-0.2, 0) is 13.0 Å². The maximum absolute atomic E-state index is 12.2. The Labute approximate surface area is 182 Å². The van der Waals surface area contributed by atoms with E-state index in [1.54, 1.807) is 0 Å². The number of nitrogens with one attached hydrogen (secondary N) is 1. The zero-order chi connectivity index (χ0) is 21.0. The Morgan fingerprint density at radius 2 is 1.52 bits per heavy atom. The predicted molar refractivity (Wildman–Crippen MR) is 126 cm³/mol. The summed E-state index contributed by atoms with van der Waals surface area (Å²) in [6.07, 6.45) is 1.81. The first kappa shape index (κ1) is 19.9. The lowest BCUT2D eigenvalue weighted by Gasteiger charge is -2.34. The summed E-state index contributed by atoms with van der Waals surface area (Å²) in [5, 5.41) is 3.34. The number of aryl methyl sites for hydroxylation is 1. The topological polar surface area (TPSA) is 52.2 Å². The van der Waals surface area contributed by atoms with E-state index in [0.717, 1.165) is 63.5 Å². The summed E-state index contributed by atoms with van der Waals surface area (Å²) in [7, 11) is 0. The lowest BCUT2D eigenvalue weighted by molar-refractivity contribution is 0.126. The minimum Gasteiger partial charge on any atom is -0.310 e. The summed E-state index contributed by atoms with van der Waals surface area (Å²) in [6.45, 7) is 6.41. The summed E-state index contributed by atoms with van der Waals surface area (Å²) >= 11 is 0. The summed E-state index contributed by atoms with van der Waals surface area (Å²) in [4.78, 5) is 24.9. The number of hydrogen-bond acceptors (Lipinski definition) is 4. The minimum absolute atomic E-state index is 0.0392. The zero-order valence-corrected chi connectivity index (χ0v) is 17.8. The van der Waals surface area contributed by atoms with Gasteiger partial charge in [0.15, 0.2) is 0 Å². The monoisotopic (exact) mass is 412 g/mol. The highest BCUT2D eigenvalue weighted by molar-refractivity contribution is 5.85. The number of nitrogens with zero attached hydrogens (tertiary/aromatic N) is 3. The van der Waals surface area contributed by atoms with E-state index in [1.807, 2.05) is 24.3 Å². The molecule has 5 rings (SSSR count). The Bertz CT molecular complexity index is 1240. The van der Waals surface area contributed by atoms with Gasteiger partial charge in [0.1, 0.15) is 5.82 Å². The van der Waals surface area contributed by atoms with E-state index < -0.39 is 0 Å². The van der Waals surface area contributed by atoms with Gasteiger partial charge in [0, 0.05) is 39.1 Å². The van der Waals surface area contributed by atoms with Crippen LogP contribution in [-0.4, -0.2) is 52.5 Å². The van der Waals surface area contributed by atoms with Crippen LogP contribution in [0.15, 0.2) is 71.5 Å². The standard InChI is InChI=1S/C26H28N4O/c31-26-23-11-3-4-12-24(23)27-25(28-26)13-6-14-29-15-17-30(18-16-29)19-21-9-5-8-20-7-1-2-10-22(20)21/h1-5,7-12H,6,13-19H2,(H,27,28,31). The second-order valence-corrected chi connectivity index (χ2v) is 8.39. The molecule has 1 fully saturated rings. The Hall–Kier alpha value is -3.02. The number of aromatic nitrogens is 2. The van der Waals surface area contributed by atoms with Crippen LogP contribution in [0, 0.1) is 0 Å². The normalized spacial score (nSPS) is 15.6. The third kappa shape index (κ3) is 4.53. The molecule has 0 spiro atoms. The van der Waals surface area contributed by atoms with Gasteiger partial charge < -0.3 is 9.88 Å². The molecule has 0 aliphatic carbocycles. The molecule has 1 aromatic heterocycles. The van der Waals surface area contributed by atoms with E-state index in [9.17, 15) is 4.79 Å². The van der Waals surface area contributed by atoms with E-state index in [-0.39, 0.29) is 5.56 Å². The van der Waals surface area contributed by atoms with E-state index in [1.165, 1.54) is 16.3 Å². The number of H-pyrrole nitrogens is 1. The number of piperazine rings is 1. The van der Waals surface area contributed by atoms with Crippen LogP contribution in [0.5, 0.6) is 0 Å². The van der Waals surface area contributed by atoms with Crippen molar-refractivity contribution in [3.05, 3.63) is 88.5 Å². The molecule has 1 saturated heterocycles. The fourth-order valence-corrected chi connectivity index (χ4v) is 4.57. The first-order valence-electron chi connectivity index (χ1n) is 11.2. The van der Waals surface area contributed by atoms with Crippen molar-refractivity contribution in [2.24, 2.45) is 0 Å². The fraction of sp³-hybridized carbons (Fsp3) is 0.308. The minimum atomic E-state index is -0.0392. The van der Waals surface area contributed by atoms with Crippen LogP contribution in [0.25, 0.3) is 21.7 Å². The maximum Gasteiger partial charge on any atom is 0.258 e. The third-order valence-corrected chi connectivity index (χ3v) is 6.29. The molecule has 3 aromatic carbocycles. The van der Waals surface area contributed by atoms with Gasteiger partial charge in [-0.15, -0.1) is 0 Å². The molecular formula is C26H28N4O. The Morgan fingerprint density at radius 1 is 0.806 bits per heavy atom. The second kappa shape index (κ2) is 9.00. The molecule has 0 bridgehead atoms. The summed E-state index contributed by atoms with van der Waals surface area (Å²) in [5.74, 6) is 0.790. The van der Waals surface area contributed by atoms with Crippen molar-refractivity contribution < 1.29 is 0 Å². The van der Waals surface area contributed by atoms with Crippen LogP contribution in [0.2, 0.25) is 0 Å². The number of hydrogen-bond donors (Lipinski definition) is 1. The van der Waals surface area contributed by atoms with Crippen molar-refractivity contribution in [3.8, 4) is 0 Å². The van der Waals surface area contributed by atoms with Crippen molar-refractivity contribution in [1.82, 2.24) is 19.8 Å². The molecular weight excluding hydrogens is 384 g/mol. The fourth-order valence-electron chi connectivity index (χ4n) is 4.57. The Kier molecular flexibility index (Phi) is 5.78. The smallest absolute Gasteiger partial charge is 0.258 e. The molecule has 1 aliphatic heterocycles. The molecule has 0 radical (unpaired) electrons. The van der Waals surface area contributed by atoms with Crippen LogP contribution in [0.1, 0.15) is 17.8 Å². The van der Waals surface area contributed by atoms with E-state index in [0.29, 0.717) is 5.39 Å². The SMILES string of the molecule is O=c1[nH]c(CCCN2CCN(Cc3cccc4ccccc34)CC2)nc2ccccc12. The Balaban J connectivity index is 1.13. The van der Waals surface area contributed by atoms with Crippen molar-refractivity contribution in [2.45, 2.75) is 19.4 Å². The average molecular weight is 413 g/mol. The molecule has 0 atom stereocenters. The highest BCUT2D eigenvalue weighted by atomic mass is 16.1. The summed E-state index contributed by atoms with van der Waals surface area (Å²) < 4.78 is 0. The molecule has 5 nitrogen and oxygen atoms in total. The van der Waals surface area contributed by atoms with Gasteiger partial charge in [0.05, 0.1) is 10.9 Å². The highest BCUT2D eigenvalue weighted by Gasteiger charge is 2.17. The lowest BCUT2D eigenvalue weighted by atomic mass is 10.0. The van der Waals surface area contributed by atoms with Gasteiger partial charge in [-0.3, -0.25) is 9.69 Å². The molecule has 158 valence electrons. The molecule has 5 heteroatoms. The van der Waals surface area contributed by atoms with Crippen molar-refractivity contribution >= 4 is 21.7 Å². The van der Waals surface area contributed by atoms with E-state index >= 15 is 0 Å². The first-order chi connectivity index (χ1) is 15.3. The van der Waals surface area contributed by atoms with E-state index in [4.69, 9.17) is 0 Å². The second-order valence-electron chi connectivity index (χ2n) is 8.39. The van der Waals surface area contributed by atoms with Gasteiger partial charge in [-0.25, -0.2) is 4.98 Å². The van der Waals surface area contributed by atoms with Gasteiger partial charge in [0.2, 0.25) is 0 Å². The average Bonchev–Trinajstić information content (AvgIpc) is 2.81. The van der Waals surface area contributed by atoms with Crippen LogP contribution in [0.3, 0.4) is 0 Å². The lowest BCUT2D eigenvalue weighted by Crippen LogP contribution is -2.46. The summed E-state index contributed by atoms with van der Waals surface area (Å²) in [5.41, 5.74) is 2.16. The van der Waals surface area contributed by atoms with Crippen molar-refractivity contribution in [3.63, 3.8) is 0 Å². The number of fused-ring (bicyclic) bond motifs is 2. The van der Waals surface area contributed by atoms with Crippen LogP contribution >= 0.6 is 0 Å². The third-order valence-electron chi connectivity index (χ3n) is 6.29. The molecule has 1 N–H and O–H groups in total. The molecule has 0 unspecified atom stereocenters. The van der Waals surface area contributed by atoms with Crippen LogP contribution in [0.4, 0.5) is 0 Å². The maximum atomic E-state index is 12.2. The van der Waals surface area contributed by atoms with Crippen molar-refractivity contribution in [2.75, 3.05) is 32.7 Å². The van der Waals surface area contributed by atoms with Crippen LogP contribution < -0.4 is 5.56 Å². The quantitative estimate of drug-likeness (QED) is 0.523. The van der Waals surface area contributed by atoms with Crippen molar-refractivity contribution in [1.29, 1.82) is 0 Å². The number of aromatic amines is 1. The number of benzene rings is 3.